The highest BCUT2D eigenvalue weighted by molar-refractivity contribution is 6.04. The second-order valence-corrected chi connectivity index (χ2v) is 8.43. The van der Waals surface area contributed by atoms with Crippen molar-refractivity contribution in [2.24, 2.45) is 0 Å². The Morgan fingerprint density at radius 3 is 2.65 bits per heavy atom. The molecule has 2 atom stereocenters. The van der Waals surface area contributed by atoms with Crippen molar-refractivity contribution < 1.29 is 9.90 Å². The lowest BCUT2D eigenvalue weighted by Gasteiger charge is -2.20. The van der Waals surface area contributed by atoms with Crippen molar-refractivity contribution in [3.63, 3.8) is 0 Å². The average molecular weight is 494 g/mol. The maximum Gasteiger partial charge on any atom is 0.267 e. The van der Waals surface area contributed by atoms with Gasteiger partial charge in [0, 0.05) is 18.0 Å². The number of anilines is 1. The maximum atomic E-state index is 13.9. The molecule has 5 aromatic rings. The van der Waals surface area contributed by atoms with Gasteiger partial charge in [0.25, 0.3) is 11.5 Å². The molecule has 10 nitrogen and oxygen atoms in total. The molecule has 184 valence electrons. The van der Waals surface area contributed by atoms with E-state index < -0.39 is 18.1 Å². The number of fused-ring (bicyclic) bond motifs is 2. The first-order valence-electron chi connectivity index (χ1n) is 11.6. The number of aromatic nitrogens is 5. The van der Waals surface area contributed by atoms with E-state index in [0.717, 1.165) is 0 Å². The van der Waals surface area contributed by atoms with Gasteiger partial charge in [0.1, 0.15) is 17.5 Å². The van der Waals surface area contributed by atoms with Gasteiger partial charge in [-0.3, -0.25) is 14.2 Å². The molecule has 5 rings (SSSR count). The highest BCUT2D eigenvalue weighted by Gasteiger charge is 2.24. The summed E-state index contributed by atoms with van der Waals surface area (Å²) < 4.78 is 2.89. The van der Waals surface area contributed by atoms with Gasteiger partial charge in [0.05, 0.1) is 22.6 Å². The van der Waals surface area contributed by atoms with Crippen molar-refractivity contribution in [3.05, 3.63) is 94.3 Å². The van der Waals surface area contributed by atoms with E-state index in [2.05, 4.69) is 27.2 Å². The number of rotatable bonds is 4. The minimum atomic E-state index is -0.851. The molecule has 0 bridgehead atoms. The summed E-state index contributed by atoms with van der Waals surface area (Å²) in [6.45, 7) is 3.28. The second-order valence-electron chi connectivity index (χ2n) is 8.43. The van der Waals surface area contributed by atoms with Crippen molar-refractivity contribution in [3.8, 4) is 17.5 Å². The van der Waals surface area contributed by atoms with Crippen molar-refractivity contribution in [2.45, 2.75) is 26.0 Å². The quantitative estimate of drug-likeness (QED) is 0.326. The number of hydrogen-bond donors (Lipinski definition) is 3. The number of aliphatic hydroxyl groups excluding tert-OH is 1. The molecule has 37 heavy (non-hydrogen) atoms. The molecular formula is C27H23N7O3. The summed E-state index contributed by atoms with van der Waals surface area (Å²) in [5.74, 6) is 5.42. The van der Waals surface area contributed by atoms with Gasteiger partial charge < -0.3 is 16.2 Å². The molecule has 0 aliphatic carbocycles. The lowest BCUT2D eigenvalue weighted by atomic mass is 10.1. The predicted molar refractivity (Wildman–Crippen MR) is 139 cm³/mol. The van der Waals surface area contributed by atoms with Crippen LogP contribution in [0.25, 0.3) is 22.2 Å². The van der Waals surface area contributed by atoms with Crippen molar-refractivity contribution in [1.29, 1.82) is 0 Å². The predicted octanol–water partition coefficient (Wildman–Crippen LogP) is 2.23. The average Bonchev–Trinajstić information content (AvgIpc) is 3.23. The van der Waals surface area contributed by atoms with E-state index in [1.165, 1.54) is 9.08 Å². The molecule has 0 saturated carbocycles. The smallest absolute Gasteiger partial charge is 0.267 e. The third-order valence-corrected chi connectivity index (χ3v) is 5.74. The van der Waals surface area contributed by atoms with Gasteiger partial charge in [-0.25, -0.2) is 14.5 Å². The van der Waals surface area contributed by atoms with Gasteiger partial charge in [0.2, 0.25) is 0 Å². The molecule has 0 unspecified atom stereocenters. The van der Waals surface area contributed by atoms with Gasteiger partial charge in [0.15, 0.2) is 11.5 Å². The third kappa shape index (κ3) is 4.39. The SMILES string of the molecule is C[C@H](O)C#Cc1cccc2nc([C@H](C)NC(=O)c3c(N)nn4cccnc34)n(-c3ccccc3)c(=O)c12. The van der Waals surface area contributed by atoms with Crippen LogP contribution >= 0.6 is 0 Å². The number of aliphatic hydroxyl groups is 1. The lowest BCUT2D eigenvalue weighted by molar-refractivity contribution is 0.0940. The number of carbonyl (C=O) groups is 1. The van der Waals surface area contributed by atoms with E-state index >= 15 is 0 Å². The normalized spacial score (nSPS) is 12.6. The Labute approximate surface area is 211 Å². The zero-order valence-electron chi connectivity index (χ0n) is 20.1. The minimum Gasteiger partial charge on any atom is -0.381 e. The van der Waals surface area contributed by atoms with Gasteiger partial charge in [-0.15, -0.1) is 5.10 Å². The third-order valence-electron chi connectivity index (χ3n) is 5.74. The van der Waals surface area contributed by atoms with Crippen LogP contribution in [0.3, 0.4) is 0 Å². The Bertz CT molecular complexity index is 1760. The molecule has 4 N–H and O–H groups in total. The number of amides is 1. The number of nitrogen functional groups attached to an aromatic ring is 1. The lowest BCUT2D eigenvalue weighted by Crippen LogP contribution is -2.33. The zero-order chi connectivity index (χ0) is 26.1. The summed E-state index contributed by atoms with van der Waals surface area (Å²) in [6.07, 6.45) is 2.34. The summed E-state index contributed by atoms with van der Waals surface area (Å²) in [7, 11) is 0. The molecule has 0 aliphatic heterocycles. The number of nitrogens with one attached hydrogen (secondary N) is 1. The van der Waals surface area contributed by atoms with E-state index in [4.69, 9.17) is 10.7 Å². The first-order chi connectivity index (χ1) is 17.8. The summed E-state index contributed by atoms with van der Waals surface area (Å²) >= 11 is 0. The van der Waals surface area contributed by atoms with Gasteiger partial charge in [-0.2, -0.15) is 0 Å². The fourth-order valence-corrected chi connectivity index (χ4v) is 4.11. The number of para-hydroxylation sites is 1. The summed E-state index contributed by atoms with van der Waals surface area (Å²) in [4.78, 5) is 36.2. The van der Waals surface area contributed by atoms with Crippen LogP contribution in [-0.2, 0) is 0 Å². The van der Waals surface area contributed by atoms with Gasteiger partial charge in [-0.05, 0) is 44.2 Å². The molecule has 2 aromatic carbocycles. The van der Waals surface area contributed by atoms with Crippen LogP contribution in [0.4, 0.5) is 5.82 Å². The molecule has 3 aromatic heterocycles. The van der Waals surface area contributed by atoms with Gasteiger partial charge >= 0.3 is 0 Å². The van der Waals surface area contributed by atoms with E-state index in [-0.39, 0.29) is 16.9 Å². The van der Waals surface area contributed by atoms with Crippen LogP contribution in [0, 0.1) is 11.8 Å². The minimum absolute atomic E-state index is 0.0386. The van der Waals surface area contributed by atoms with Crippen LogP contribution < -0.4 is 16.6 Å². The summed E-state index contributed by atoms with van der Waals surface area (Å²) in [5.41, 5.74) is 7.58. The Kier molecular flexibility index (Phi) is 6.13. The maximum absolute atomic E-state index is 13.9. The second kappa shape index (κ2) is 9.56. The molecule has 3 heterocycles. The highest BCUT2D eigenvalue weighted by atomic mass is 16.3. The van der Waals surface area contributed by atoms with Gasteiger partial charge in [-0.1, -0.05) is 36.1 Å². The molecule has 0 spiro atoms. The number of benzene rings is 2. The van der Waals surface area contributed by atoms with Crippen molar-refractivity contribution in [1.82, 2.24) is 29.5 Å². The first kappa shape index (κ1) is 23.7. The molecule has 0 aliphatic rings. The number of nitrogens with zero attached hydrogens (tertiary/aromatic N) is 5. The van der Waals surface area contributed by atoms with Crippen LogP contribution in [-0.4, -0.2) is 41.3 Å². The molecular weight excluding hydrogens is 470 g/mol. The highest BCUT2D eigenvalue weighted by Crippen LogP contribution is 2.22. The van der Waals surface area contributed by atoms with Crippen LogP contribution in [0.15, 0.2) is 71.8 Å². The van der Waals surface area contributed by atoms with Crippen molar-refractivity contribution >= 4 is 28.3 Å². The van der Waals surface area contributed by atoms with E-state index in [1.54, 1.807) is 62.6 Å². The largest absolute Gasteiger partial charge is 0.381 e. The van der Waals surface area contributed by atoms with Crippen molar-refractivity contribution in [2.75, 3.05) is 5.73 Å². The van der Waals surface area contributed by atoms with E-state index in [9.17, 15) is 14.7 Å². The standard InChI is InChI=1S/C27H23N7O3/c1-16(35)12-13-18-8-6-11-20-21(18)27(37)34(19-9-4-3-5-10-19)24(31-20)17(2)30-26(36)22-23(28)32-33-15-7-14-29-25(22)33/h3-11,14-17,35H,1-2H3,(H2,28,32)(H,30,36)/t16-,17-/m0/s1. The van der Waals surface area contributed by atoms with Crippen LogP contribution in [0.2, 0.25) is 0 Å². The Morgan fingerprint density at radius 2 is 1.89 bits per heavy atom. The van der Waals surface area contributed by atoms with E-state index in [1.807, 2.05) is 18.2 Å². The van der Waals surface area contributed by atoms with Crippen LogP contribution in [0.1, 0.15) is 41.6 Å². The number of nitrogens with two attached hydrogens (primary N) is 1. The molecule has 1 amide bonds. The monoisotopic (exact) mass is 493 g/mol. The Hall–Kier alpha value is -5.01. The molecule has 0 fully saturated rings. The van der Waals surface area contributed by atoms with Crippen LogP contribution in [0.5, 0.6) is 0 Å². The topological polar surface area (TPSA) is 140 Å². The summed E-state index contributed by atoms with van der Waals surface area (Å²) in [5, 5.41) is 17.0. The number of hydrogen-bond acceptors (Lipinski definition) is 7. The Balaban J connectivity index is 1.66. The Morgan fingerprint density at radius 1 is 1.11 bits per heavy atom. The number of carbonyl (C=O) groups excluding carboxylic acids is 1. The first-order valence-corrected chi connectivity index (χ1v) is 11.6. The molecule has 0 radical (unpaired) electrons. The van der Waals surface area contributed by atoms with E-state index in [0.29, 0.717) is 33.6 Å². The fraction of sp³-hybridized carbons (Fsp3) is 0.148. The summed E-state index contributed by atoms with van der Waals surface area (Å²) in [6, 6.07) is 15.2. The zero-order valence-corrected chi connectivity index (χ0v) is 20.1. The molecule has 0 saturated heterocycles. The fourth-order valence-electron chi connectivity index (χ4n) is 4.11. The molecule has 10 heteroatoms.